The van der Waals surface area contributed by atoms with Crippen LogP contribution in [-0.2, 0) is 20.9 Å². The molecule has 0 heterocycles. The molecule has 3 N–H and O–H groups in total. The van der Waals surface area contributed by atoms with E-state index in [-0.39, 0.29) is 25.0 Å². The third-order valence-corrected chi connectivity index (χ3v) is 2.74. The first-order valence-corrected chi connectivity index (χ1v) is 6.25. The molecule has 2 atom stereocenters. The normalized spacial score (nSPS) is 13.4. The smallest absolute Gasteiger partial charge is 0.328 e. The minimum Gasteiger partial charge on any atom is -0.459 e. The van der Waals surface area contributed by atoms with Gasteiger partial charge in [0.15, 0.2) is 0 Å². The topological polar surface area (TPSA) is 81.4 Å². The van der Waals surface area contributed by atoms with Crippen LogP contribution in [0.25, 0.3) is 0 Å². The second-order valence-electron chi connectivity index (χ2n) is 4.46. The fourth-order valence-corrected chi connectivity index (χ4v) is 1.38. The van der Waals surface area contributed by atoms with Crippen molar-refractivity contribution < 1.29 is 14.3 Å². The summed E-state index contributed by atoms with van der Waals surface area (Å²) in [6, 6.07) is 8.70. The number of carbonyl (C=O) groups excluding carboxylic acids is 2. The lowest BCUT2D eigenvalue weighted by molar-refractivity contribution is -0.148. The van der Waals surface area contributed by atoms with Gasteiger partial charge in [-0.05, 0) is 12.5 Å². The molecule has 0 aliphatic heterocycles. The van der Waals surface area contributed by atoms with Crippen molar-refractivity contribution in [3.05, 3.63) is 35.9 Å². The molecule has 5 heteroatoms. The molecule has 0 aromatic heterocycles. The van der Waals surface area contributed by atoms with E-state index in [2.05, 4.69) is 5.32 Å². The van der Waals surface area contributed by atoms with Crippen LogP contribution in [-0.4, -0.2) is 24.5 Å². The average Bonchev–Trinajstić information content (AvgIpc) is 2.44. The quantitative estimate of drug-likeness (QED) is 0.746. The van der Waals surface area contributed by atoms with Gasteiger partial charge in [-0.3, -0.25) is 4.79 Å². The van der Waals surface area contributed by atoms with Crippen LogP contribution in [0.15, 0.2) is 30.3 Å². The van der Waals surface area contributed by atoms with Crippen molar-refractivity contribution in [3.63, 3.8) is 0 Å². The van der Waals surface area contributed by atoms with E-state index < -0.39 is 12.0 Å². The molecule has 5 nitrogen and oxygen atoms in total. The highest BCUT2D eigenvalue weighted by Gasteiger charge is 2.19. The molecule has 0 radical (unpaired) electrons. The Morgan fingerprint density at radius 1 is 1.26 bits per heavy atom. The minimum absolute atomic E-state index is 0.201. The van der Waals surface area contributed by atoms with Crippen LogP contribution in [0.3, 0.4) is 0 Å². The number of nitrogens with two attached hydrogens (primary N) is 1. The standard InChI is InChI=1S/C14H20N2O3/c1-10(8-15)13(17)16-11(2)14(18)19-9-12-6-4-3-5-7-12/h3-7,10-11H,8-9,15H2,1-2H3,(H,16,17)/t10-,11-/m0/s1. The fraction of sp³-hybridized carbons (Fsp3) is 0.429. The second-order valence-corrected chi connectivity index (χ2v) is 4.46. The van der Waals surface area contributed by atoms with E-state index in [0.717, 1.165) is 5.56 Å². The van der Waals surface area contributed by atoms with Gasteiger partial charge in [0, 0.05) is 12.5 Å². The third-order valence-electron chi connectivity index (χ3n) is 2.74. The van der Waals surface area contributed by atoms with Crippen molar-refractivity contribution in [1.82, 2.24) is 5.32 Å². The summed E-state index contributed by atoms with van der Waals surface area (Å²) in [6.45, 7) is 3.75. The summed E-state index contributed by atoms with van der Waals surface area (Å²) in [4.78, 5) is 23.3. The molecule has 1 rings (SSSR count). The maximum absolute atomic E-state index is 11.7. The van der Waals surface area contributed by atoms with E-state index >= 15 is 0 Å². The Morgan fingerprint density at radius 3 is 2.47 bits per heavy atom. The average molecular weight is 264 g/mol. The summed E-state index contributed by atoms with van der Waals surface area (Å²) in [5, 5.41) is 2.57. The van der Waals surface area contributed by atoms with Gasteiger partial charge in [-0.2, -0.15) is 0 Å². The molecule has 0 saturated heterocycles. The molecule has 19 heavy (non-hydrogen) atoms. The maximum Gasteiger partial charge on any atom is 0.328 e. The number of hydrogen-bond donors (Lipinski definition) is 2. The van der Waals surface area contributed by atoms with Gasteiger partial charge in [0.25, 0.3) is 0 Å². The van der Waals surface area contributed by atoms with Gasteiger partial charge >= 0.3 is 5.97 Å². The molecule has 0 spiro atoms. The Kier molecular flexibility index (Phi) is 6.02. The van der Waals surface area contributed by atoms with Crippen molar-refractivity contribution in [2.45, 2.75) is 26.5 Å². The van der Waals surface area contributed by atoms with Crippen molar-refractivity contribution >= 4 is 11.9 Å². The summed E-state index contributed by atoms with van der Waals surface area (Å²) in [5.74, 6) is -1.02. The van der Waals surface area contributed by atoms with E-state index in [9.17, 15) is 9.59 Å². The lowest BCUT2D eigenvalue weighted by atomic mass is 10.1. The SMILES string of the molecule is C[C@H](NC(=O)[C@@H](C)CN)C(=O)OCc1ccccc1. The van der Waals surface area contributed by atoms with Crippen LogP contribution in [0.5, 0.6) is 0 Å². The fourth-order valence-electron chi connectivity index (χ4n) is 1.38. The van der Waals surface area contributed by atoms with Crippen LogP contribution in [0.2, 0.25) is 0 Å². The van der Waals surface area contributed by atoms with Crippen molar-refractivity contribution in [2.24, 2.45) is 11.7 Å². The second kappa shape index (κ2) is 7.53. The number of carbonyl (C=O) groups is 2. The highest BCUT2D eigenvalue weighted by Crippen LogP contribution is 2.02. The summed E-state index contributed by atoms with van der Waals surface area (Å²) in [6.07, 6.45) is 0. The van der Waals surface area contributed by atoms with E-state index in [1.54, 1.807) is 13.8 Å². The van der Waals surface area contributed by atoms with Crippen LogP contribution in [0.1, 0.15) is 19.4 Å². The van der Waals surface area contributed by atoms with Gasteiger partial charge in [0.1, 0.15) is 12.6 Å². The number of esters is 1. The summed E-state index contributed by atoms with van der Waals surface area (Å²) >= 11 is 0. The first-order valence-electron chi connectivity index (χ1n) is 6.25. The van der Waals surface area contributed by atoms with Crippen LogP contribution >= 0.6 is 0 Å². The number of amides is 1. The lowest BCUT2D eigenvalue weighted by Crippen LogP contribution is -2.43. The molecule has 0 unspecified atom stereocenters. The number of rotatable bonds is 6. The first kappa shape index (κ1) is 15.2. The van der Waals surface area contributed by atoms with Gasteiger partial charge in [-0.1, -0.05) is 37.3 Å². The Hall–Kier alpha value is -1.88. The summed E-state index contributed by atoms with van der Waals surface area (Å²) < 4.78 is 5.12. The Balaban J connectivity index is 2.39. The molecular weight excluding hydrogens is 244 g/mol. The Labute approximate surface area is 113 Å². The zero-order chi connectivity index (χ0) is 14.3. The maximum atomic E-state index is 11.7. The zero-order valence-corrected chi connectivity index (χ0v) is 11.3. The van der Waals surface area contributed by atoms with E-state index in [0.29, 0.717) is 0 Å². The molecule has 0 aliphatic rings. The predicted octanol–water partition coefficient (Wildman–Crippen LogP) is 0.829. The first-order chi connectivity index (χ1) is 9.04. The molecule has 1 amide bonds. The molecule has 1 aromatic rings. The molecule has 0 aliphatic carbocycles. The molecule has 104 valence electrons. The highest BCUT2D eigenvalue weighted by molar-refractivity contribution is 5.85. The molecule has 0 fully saturated rings. The van der Waals surface area contributed by atoms with E-state index in [4.69, 9.17) is 10.5 Å². The molecule has 1 aromatic carbocycles. The van der Waals surface area contributed by atoms with Crippen molar-refractivity contribution in [2.75, 3.05) is 6.54 Å². The number of benzene rings is 1. The van der Waals surface area contributed by atoms with E-state index in [1.165, 1.54) is 0 Å². The number of ether oxygens (including phenoxy) is 1. The largest absolute Gasteiger partial charge is 0.459 e. The van der Waals surface area contributed by atoms with Crippen molar-refractivity contribution in [1.29, 1.82) is 0 Å². The number of hydrogen-bond acceptors (Lipinski definition) is 4. The lowest BCUT2D eigenvalue weighted by Gasteiger charge is -2.15. The highest BCUT2D eigenvalue weighted by atomic mass is 16.5. The van der Waals surface area contributed by atoms with E-state index in [1.807, 2.05) is 30.3 Å². The summed E-state index contributed by atoms with van der Waals surface area (Å²) in [7, 11) is 0. The number of nitrogens with one attached hydrogen (secondary N) is 1. The summed E-state index contributed by atoms with van der Waals surface area (Å²) in [5.41, 5.74) is 6.29. The predicted molar refractivity (Wildman–Crippen MR) is 72.1 cm³/mol. The van der Waals surface area contributed by atoms with Crippen LogP contribution in [0, 0.1) is 5.92 Å². The monoisotopic (exact) mass is 264 g/mol. The van der Waals surface area contributed by atoms with Crippen molar-refractivity contribution in [3.8, 4) is 0 Å². The van der Waals surface area contributed by atoms with Gasteiger partial charge in [-0.15, -0.1) is 0 Å². The minimum atomic E-state index is -0.676. The van der Waals surface area contributed by atoms with Crippen LogP contribution in [0.4, 0.5) is 0 Å². The van der Waals surface area contributed by atoms with Gasteiger partial charge in [0.2, 0.25) is 5.91 Å². The van der Waals surface area contributed by atoms with Crippen LogP contribution < -0.4 is 11.1 Å². The zero-order valence-electron chi connectivity index (χ0n) is 11.3. The third kappa shape index (κ3) is 5.09. The van der Waals surface area contributed by atoms with Gasteiger partial charge in [0.05, 0.1) is 0 Å². The molecule has 0 bridgehead atoms. The molecular formula is C14H20N2O3. The Bertz CT molecular complexity index is 420. The Morgan fingerprint density at radius 2 is 1.89 bits per heavy atom. The van der Waals surface area contributed by atoms with Gasteiger partial charge in [-0.25, -0.2) is 4.79 Å². The van der Waals surface area contributed by atoms with Gasteiger partial charge < -0.3 is 15.8 Å². The molecule has 0 saturated carbocycles.